The lowest BCUT2D eigenvalue weighted by molar-refractivity contribution is 0.102. The SMILES string of the molecule is Cc1cc(C(=O)Nc2cc(F)ccc2Br)ccc1N. The van der Waals surface area contributed by atoms with Crippen molar-refractivity contribution >= 4 is 33.2 Å². The first-order valence-corrected chi connectivity index (χ1v) is 6.39. The van der Waals surface area contributed by atoms with Gasteiger partial charge in [0.2, 0.25) is 0 Å². The number of anilines is 2. The van der Waals surface area contributed by atoms with Gasteiger partial charge in [-0.2, -0.15) is 0 Å². The number of hydrogen-bond donors (Lipinski definition) is 2. The fourth-order valence-electron chi connectivity index (χ4n) is 1.60. The molecule has 2 aromatic rings. The molecule has 3 N–H and O–H groups in total. The number of carbonyl (C=O) groups excluding carboxylic acids is 1. The van der Waals surface area contributed by atoms with Crippen molar-refractivity contribution in [2.45, 2.75) is 6.92 Å². The average molecular weight is 323 g/mol. The van der Waals surface area contributed by atoms with Gasteiger partial charge in [0.1, 0.15) is 5.82 Å². The molecule has 0 bridgehead atoms. The molecule has 0 saturated heterocycles. The molecule has 0 aromatic heterocycles. The smallest absolute Gasteiger partial charge is 0.255 e. The minimum atomic E-state index is -0.410. The molecular weight excluding hydrogens is 311 g/mol. The summed E-state index contributed by atoms with van der Waals surface area (Å²) in [6.45, 7) is 1.82. The van der Waals surface area contributed by atoms with E-state index in [1.165, 1.54) is 12.1 Å². The van der Waals surface area contributed by atoms with Crippen LogP contribution in [0.1, 0.15) is 15.9 Å². The second-order valence-corrected chi connectivity index (χ2v) is 5.00. The lowest BCUT2D eigenvalue weighted by Crippen LogP contribution is -2.13. The van der Waals surface area contributed by atoms with Gasteiger partial charge in [-0.05, 0) is 64.8 Å². The maximum atomic E-state index is 13.1. The summed E-state index contributed by atoms with van der Waals surface area (Å²) in [5, 5.41) is 2.65. The van der Waals surface area contributed by atoms with Crippen molar-refractivity contribution < 1.29 is 9.18 Å². The van der Waals surface area contributed by atoms with Crippen molar-refractivity contribution in [3.63, 3.8) is 0 Å². The van der Waals surface area contributed by atoms with Crippen molar-refractivity contribution in [3.05, 3.63) is 57.8 Å². The number of nitrogen functional groups attached to an aromatic ring is 1. The summed E-state index contributed by atoms with van der Waals surface area (Å²) in [5.74, 6) is -0.721. The Morgan fingerprint density at radius 2 is 2.00 bits per heavy atom. The molecule has 98 valence electrons. The van der Waals surface area contributed by atoms with Gasteiger partial charge < -0.3 is 11.1 Å². The Morgan fingerprint density at radius 1 is 1.26 bits per heavy atom. The molecule has 0 unspecified atom stereocenters. The zero-order valence-corrected chi connectivity index (χ0v) is 11.8. The highest BCUT2D eigenvalue weighted by Gasteiger charge is 2.10. The van der Waals surface area contributed by atoms with Crippen LogP contribution in [-0.4, -0.2) is 5.91 Å². The lowest BCUT2D eigenvalue weighted by atomic mass is 10.1. The van der Waals surface area contributed by atoms with Crippen LogP contribution in [0.2, 0.25) is 0 Å². The molecule has 0 fully saturated rings. The molecule has 2 rings (SSSR count). The van der Waals surface area contributed by atoms with Crippen molar-refractivity contribution in [1.29, 1.82) is 0 Å². The number of nitrogens with two attached hydrogens (primary N) is 1. The molecular formula is C14H12BrFN2O. The van der Waals surface area contributed by atoms with Crippen LogP contribution in [0.5, 0.6) is 0 Å². The Hall–Kier alpha value is -1.88. The quantitative estimate of drug-likeness (QED) is 0.828. The minimum Gasteiger partial charge on any atom is -0.399 e. The van der Waals surface area contributed by atoms with Crippen LogP contribution < -0.4 is 11.1 Å². The van der Waals surface area contributed by atoms with Crippen LogP contribution in [0, 0.1) is 12.7 Å². The predicted molar refractivity (Wildman–Crippen MR) is 77.6 cm³/mol. The summed E-state index contributed by atoms with van der Waals surface area (Å²) in [5.41, 5.74) is 8.01. The van der Waals surface area contributed by atoms with Gasteiger partial charge in [0.15, 0.2) is 0 Å². The number of nitrogens with one attached hydrogen (secondary N) is 1. The van der Waals surface area contributed by atoms with E-state index < -0.39 is 5.82 Å². The van der Waals surface area contributed by atoms with Gasteiger partial charge in [0.25, 0.3) is 5.91 Å². The predicted octanol–water partition coefficient (Wildman–Crippen LogP) is 3.73. The molecule has 0 atom stereocenters. The van der Waals surface area contributed by atoms with Crippen molar-refractivity contribution in [1.82, 2.24) is 0 Å². The van der Waals surface area contributed by atoms with E-state index in [0.29, 0.717) is 21.4 Å². The Balaban J connectivity index is 2.25. The van der Waals surface area contributed by atoms with E-state index in [-0.39, 0.29) is 5.91 Å². The van der Waals surface area contributed by atoms with Crippen LogP contribution in [-0.2, 0) is 0 Å². The molecule has 0 saturated carbocycles. The number of halogens is 2. The van der Waals surface area contributed by atoms with E-state index >= 15 is 0 Å². The summed E-state index contributed by atoms with van der Waals surface area (Å²) in [4.78, 5) is 12.0. The van der Waals surface area contributed by atoms with Gasteiger partial charge in [-0.15, -0.1) is 0 Å². The van der Waals surface area contributed by atoms with Crippen LogP contribution in [0.15, 0.2) is 40.9 Å². The first-order valence-electron chi connectivity index (χ1n) is 5.60. The topological polar surface area (TPSA) is 55.1 Å². The van der Waals surface area contributed by atoms with Crippen LogP contribution in [0.3, 0.4) is 0 Å². The van der Waals surface area contributed by atoms with Crippen molar-refractivity contribution in [3.8, 4) is 0 Å². The van der Waals surface area contributed by atoms with Gasteiger partial charge in [0, 0.05) is 15.7 Å². The number of benzene rings is 2. The third-order valence-corrected chi connectivity index (χ3v) is 3.40. The van der Waals surface area contributed by atoms with E-state index in [9.17, 15) is 9.18 Å². The summed E-state index contributed by atoms with van der Waals surface area (Å²) < 4.78 is 13.7. The van der Waals surface area contributed by atoms with Gasteiger partial charge in [0.05, 0.1) is 5.69 Å². The highest BCUT2D eigenvalue weighted by atomic mass is 79.9. The Kier molecular flexibility index (Phi) is 3.85. The number of hydrogen-bond acceptors (Lipinski definition) is 2. The largest absolute Gasteiger partial charge is 0.399 e. The Labute approximate surface area is 118 Å². The monoisotopic (exact) mass is 322 g/mol. The summed E-state index contributed by atoms with van der Waals surface area (Å²) in [7, 11) is 0. The first-order chi connectivity index (χ1) is 8.97. The molecule has 0 heterocycles. The molecule has 0 aliphatic rings. The third kappa shape index (κ3) is 3.12. The van der Waals surface area contributed by atoms with E-state index in [0.717, 1.165) is 5.56 Å². The highest BCUT2D eigenvalue weighted by molar-refractivity contribution is 9.10. The molecule has 0 radical (unpaired) electrons. The summed E-state index contributed by atoms with van der Waals surface area (Å²) in [6.07, 6.45) is 0. The number of rotatable bonds is 2. The molecule has 2 aromatic carbocycles. The molecule has 5 heteroatoms. The van der Waals surface area contributed by atoms with Crippen LogP contribution in [0.25, 0.3) is 0 Å². The van der Waals surface area contributed by atoms with E-state index in [1.807, 2.05) is 6.92 Å². The lowest BCUT2D eigenvalue weighted by Gasteiger charge is -2.09. The number of amides is 1. The first kappa shape index (κ1) is 13.5. The maximum Gasteiger partial charge on any atom is 0.255 e. The second kappa shape index (κ2) is 5.40. The van der Waals surface area contributed by atoms with Crippen molar-refractivity contribution in [2.24, 2.45) is 0 Å². The fourth-order valence-corrected chi connectivity index (χ4v) is 1.95. The summed E-state index contributed by atoms with van der Waals surface area (Å²) >= 11 is 3.26. The maximum absolute atomic E-state index is 13.1. The second-order valence-electron chi connectivity index (χ2n) is 4.15. The Bertz CT molecular complexity index is 643. The van der Waals surface area contributed by atoms with Crippen LogP contribution >= 0.6 is 15.9 Å². The number of aryl methyl sites for hydroxylation is 1. The number of carbonyl (C=O) groups is 1. The highest BCUT2D eigenvalue weighted by Crippen LogP contribution is 2.24. The molecule has 19 heavy (non-hydrogen) atoms. The van der Waals surface area contributed by atoms with E-state index in [1.54, 1.807) is 24.3 Å². The van der Waals surface area contributed by atoms with Crippen molar-refractivity contribution in [2.75, 3.05) is 11.1 Å². The molecule has 1 amide bonds. The zero-order chi connectivity index (χ0) is 14.0. The van der Waals surface area contributed by atoms with Gasteiger partial charge in [-0.3, -0.25) is 4.79 Å². The molecule has 3 nitrogen and oxygen atoms in total. The molecule has 0 aliphatic heterocycles. The van der Waals surface area contributed by atoms with Gasteiger partial charge in [-0.25, -0.2) is 4.39 Å². The van der Waals surface area contributed by atoms with Gasteiger partial charge >= 0.3 is 0 Å². The molecule has 0 aliphatic carbocycles. The third-order valence-electron chi connectivity index (χ3n) is 2.71. The van der Waals surface area contributed by atoms with Crippen LogP contribution in [0.4, 0.5) is 15.8 Å². The van der Waals surface area contributed by atoms with Gasteiger partial charge in [-0.1, -0.05) is 0 Å². The van der Waals surface area contributed by atoms with E-state index in [2.05, 4.69) is 21.2 Å². The van der Waals surface area contributed by atoms with E-state index in [4.69, 9.17) is 5.73 Å². The fraction of sp³-hybridized carbons (Fsp3) is 0.0714. The standard InChI is InChI=1S/C14H12BrFN2O/c1-8-6-9(2-5-12(8)17)14(19)18-13-7-10(16)3-4-11(13)15/h2-7H,17H2,1H3,(H,18,19). The zero-order valence-electron chi connectivity index (χ0n) is 10.2. The molecule has 0 spiro atoms. The summed E-state index contributed by atoms with van der Waals surface area (Å²) in [6, 6.07) is 9.10. The Morgan fingerprint density at radius 3 is 2.68 bits per heavy atom. The normalized spacial score (nSPS) is 10.3. The minimum absolute atomic E-state index is 0.311. The average Bonchev–Trinajstić information content (AvgIpc) is 2.37.